The van der Waals surface area contributed by atoms with Crippen molar-refractivity contribution in [1.82, 2.24) is 14.5 Å². The summed E-state index contributed by atoms with van der Waals surface area (Å²) in [5.74, 6) is 0.914. The van der Waals surface area contributed by atoms with Crippen molar-refractivity contribution < 1.29 is 4.74 Å². The van der Waals surface area contributed by atoms with E-state index in [4.69, 9.17) is 21.3 Å². The largest absolute Gasteiger partial charge is 0.383 e. The van der Waals surface area contributed by atoms with Gasteiger partial charge in [-0.2, -0.15) is 0 Å². The summed E-state index contributed by atoms with van der Waals surface area (Å²) in [6, 6.07) is 6.75. The maximum Gasteiger partial charge on any atom is 0.138 e. The van der Waals surface area contributed by atoms with Gasteiger partial charge in [0.15, 0.2) is 0 Å². The lowest BCUT2D eigenvalue weighted by Gasteiger charge is -2.16. The number of aryl methyl sites for hydroxylation is 1. The number of hydrogen-bond donors (Lipinski definition) is 0. The zero-order valence-electron chi connectivity index (χ0n) is 17.3. The van der Waals surface area contributed by atoms with Crippen molar-refractivity contribution in [2.75, 3.05) is 13.7 Å². The number of pyridine rings is 2. The number of nitrogens with zero attached hydrogens (tertiary/aromatic N) is 3. The van der Waals surface area contributed by atoms with E-state index in [9.17, 15) is 0 Å². The molecule has 148 valence electrons. The monoisotopic (exact) mass is 397 g/mol. The molecule has 0 unspecified atom stereocenters. The topological polar surface area (TPSA) is 39.9 Å². The molecule has 1 fully saturated rings. The quantitative estimate of drug-likeness (QED) is 0.460. The first kappa shape index (κ1) is 19.4. The molecule has 4 rings (SSSR count). The zero-order valence-corrected chi connectivity index (χ0v) is 18.0. The molecule has 0 bridgehead atoms. The fourth-order valence-electron chi connectivity index (χ4n) is 3.90. The van der Waals surface area contributed by atoms with Gasteiger partial charge in [-0.1, -0.05) is 25.4 Å². The number of hydrogen-bond acceptors (Lipinski definition) is 3. The third kappa shape index (κ3) is 3.44. The Morgan fingerprint density at radius 2 is 1.96 bits per heavy atom. The molecule has 4 nitrogen and oxygen atoms in total. The van der Waals surface area contributed by atoms with Gasteiger partial charge in [0, 0.05) is 24.6 Å². The van der Waals surface area contributed by atoms with Crippen LogP contribution in [0.25, 0.3) is 22.3 Å². The van der Waals surface area contributed by atoms with E-state index in [0.29, 0.717) is 23.6 Å². The molecular weight excluding hydrogens is 370 g/mol. The standard InChI is InChI=1S/C23H28ClN3O/c1-13(2)19-9-8-17(23(24)25-19)22-18(16-6-7-16)10-20-21(26-22)14(3)11-27(20)15(4)12-28-5/h8-11,13,15-16H,6-7,12H2,1-5H3/t15-/m0/s1. The number of aromatic nitrogens is 3. The van der Waals surface area contributed by atoms with E-state index in [2.05, 4.69) is 61.6 Å². The first-order valence-electron chi connectivity index (χ1n) is 10.1. The molecule has 5 heteroatoms. The molecule has 1 atom stereocenters. The van der Waals surface area contributed by atoms with Crippen molar-refractivity contribution in [3.05, 3.63) is 46.4 Å². The third-order valence-electron chi connectivity index (χ3n) is 5.63. The van der Waals surface area contributed by atoms with Gasteiger partial charge in [0.2, 0.25) is 0 Å². The molecule has 28 heavy (non-hydrogen) atoms. The van der Waals surface area contributed by atoms with Crippen LogP contribution < -0.4 is 0 Å². The molecule has 3 aromatic heterocycles. The number of halogens is 1. The molecule has 3 heterocycles. The van der Waals surface area contributed by atoms with Gasteiger partial charge in [-0.15, -0.1) is 0 Å². The van der Waals surface area contributed by atoms with Gasteiger partial charge in [0.1, 0.15) is 5.15 Å². The number of fused-ring (bicyclic) bond motifs is 1. The van der Waals surface area contributed by atoms with Crippen molar-refractivity contribution in [2.45, 2.75) is 58.4 Å². The van der Waals surface area contributed by atoms with Gasteiger partial charge < -0.3 is 9.30 Å². The van der Waals surface area contributed by atoms with Gasteiger partial charge in [0.25, 0.3) is 0 Å². The van der Waals surface area contributed by atoms with Gasteiger partial charge in [-0.25, -0.2) is 9.97 Å². The fourth-order valence-corrected chi connectivity index (χ4v) is 4.15. The molecule has 0 aromatic carbocycles. The molecule has 0 aliphatic heterocycles. The second kappa shape index (κ2) is 7.49. The first-order valence-corrected chi connectivity index (χ1v) is 10.5. The van der Waals surface area contributed by atoms with E-state index < -0.39 is 0 Å². The van der Waals surface area contributed by atoms with E-state index in [1.165, 1.54) is 29.5 Å². The van der Waals surface area contributed by atoms with Crippen molar-refractivity contribution in [3.63, 3.8) is 0 Å². The number of methoxy groups -OCH3 is 1. The van der Waals surface area contributed by atoms with Crippen LogP contribution in [0.3, 0.4) is 0 Å². The average Bonchev–Trinajstić information content (AvgIpc) is 3.45. The van der Waals surface area contributed by atoms with Crippen LogP contribution in [0.2, 0.25) is 5.15 Å². The van der Waals surface area contributed by atoms with Crippen LogP contribution in [0.4, 0.5) is 0 Å². The third-order valence-corrected chi connectivity index (χ3v) is 5.92. The fraction of sp³-hybridized carbons (Fsp3) is 0.478. The van der Waals surface area contributed by atoms with E-state index in [1.807, 2.05) is 0 Å². The smallest absolute Gasteiger partial charge is 0.138 e. The summed E-state index contributed by atoms with van der Waals surface area (Å²) in [6.07, 6.45) is 4.61. The van der Waals surface area contributed by atoms with Crippen molar-refractivity contribution in [1.29, 1.82) is 0 Å². The Balaban J connectivity index is 1.90. The zero-order chi connectivity index (χ0) is 20.0. The average molecular weight is 398 g/mol. The Bertz CT molecular complexity index is 1020. The maximum absolute atomic E-state index is 6.62. The van der Waals surface area contributed by atoms with Crippen LogP contribution >= 0.6 is 11.6 Å². The Kier molecular flexibility index (Phi) is 5.19. The van der Waals surface area contributed by atoms with Crippen molar-refractivity contribution in [2.24, 2.45) is 0 Å². The lowest BCUT2D eigenvalue weighted by Crippen LogP contribution is -2.10. The summed E-state index contributed by atoms with van der Waals surface area (Å²) in [5.41, 5.74) is 7.61. The molecule has 1 aliphatic carbocycles. The highest BCUT2D eigenvalue weighted by molar-refractivity contribution is 6.32. The molecule has 0 saturated heterocycles. The molecule has 3 aromatic rings. The van der Waals surface area contributed by atoms with E-state index in [1.54, 1.807) is 7.11 Å². The second-order valence-corrected chi connectivity index (χ2v) is 8.68. The summed E-state index contributed by atoms with van der Waals surface area (Å²) in [6.45, 7) is 9.24. The minimum atomic E-state index is 0.261. The minimum absolute atomic E-state index is 0.261. The summed E-state index contributed by atoms with van der Waals surface area (Å²) >= 11 is 6.62. The van der Waals surface area contributed by atoms with Crippen LogP contribution in [0, 0.1) is 6.92 Å². The van der Waals surface area contributed by atoms with Crippen molar-refractivity contribution in [3.8, 4) is 11.3 Å². The number of ether oxygens (including phenoxy) is 1. The Morgan fingerprint density at radius 1 is 1.21 bits per heavy atom. The summed E-state index contributed by atoms with van der Waals surface area (Å²) in [4.78, 5) is 9.75. The SMILES string of the molecule is COC[C@H](C)n1cc(C)c2nc(-c3ccc(C(C)C)nc3Cl)c(C3CC3)cc21. The highest BCUT2D eigenvalue weighted by atomic mass is 35.5. The Hall–Kier alpha value is -1.91. The molecule has 0 radical (unpaired) electrons. The normalized spacial score (nSPS) is 15.5. The van der Waals surface area contributed by atoms with E-state index in [-0.39, 0.29) is 6.04 Å². The number of rotatable bonds is 6. The van der Waals surface area contributed by atoms with E-state index in [0.717, 1.165) is 22.5 Å². The van der Waals surface area contributed by atoms with Crippen LogP contribution in [0.5, 0.6) is 0 Å². The lowest BCUT2D eigenvalue weighted by atomic mass is 10.0. The summed E-state index contributed by atoms with van der Waals surface area (Å²) < 4.78 is 7.67. The molecule has 0 N–H and O–H groups in total. The van der Waals surface area contributed by atoms with Gasteiger partial charge in [-0.05, 0) is 67.9 Å². The van der Waals surface area contributed by atoms with Gasteiger partial charge in [-0.3, -0.25) is 0 Å². The van der Waals surface area contributed by atoms with Crippen molar-refractivity contribution >= 4 is 22.6 Å². The molecule has 1 saturated carbocycles. The first-order chi connectivity index (χ1) is 13.4. The summed E-state index contributed by atoms with van der Waals surface area (Å²) in [5, 5.41) is 0.546. The van der Waals surface area contributed by atoms with Gasteiger partial charge >= 0.3 is 0 Å². The summed E-state index contributed by atoms with van der Waals surface area (Å²) in [7, 11) is 1.75. The van der Waals surface area contributed by atoms with E-state index >= 15 is 0 Å². The van der Waals surface area contributed by atoms with Crippen LogP contribution in [-0.4, -0.2) is 28.3 Å². The predicted octanol–water partition coefficient (Wildman–Crippen LogP) is 6.27. The molecule has 1 aliphatic rings. The van der Waals surface area contributed by atoms with Crippen LogP contribution in [0.15, 0.2) is 24.4 Å². The second-order valence-electron chi connectivity index (χ2n) is 8.32. The van der Waals surface area contributed by atoms with Crippen LogP contribution in [-0.2, 0) is 4.74 Å². The Labute approximate surface area is 171 Å². The minimum Gasteiger partial charge on any atom is -0.383 e. The van der Waals surface area contributed by atoms with Crippen LogP contribution in [0.1, 0.15) is 68.3 Å². The molecular formula is C23H28ClN3O. The predicted molar refractivity (Wildman–Crippen MR) is 115 cm³/mol. The van der Waals surface area contributed by atoms with Gasteiger partial charge in [0.05, 0.1) is 29.4 Å². The Morgan fingerprint density at radius 3 is 2.57 bits per heavy atom. The highest BCUT2D eigenvalue weighted by Gasteiger charge is 2.29. The maximum atomic E-state index is 6.62. The lowest BCUT2D eigenvalue weighted by molar-refractivity contribution is 0.164. The highest BCUT2D eigenvalue weighted by Crippen LogP contribution is 2.46. The molecule has 0 spiro atoms. The molecule has 0 amide bonds.